The minimum Gasteiger partial charge on any atom is -0.322 e. The van der Waals surface area contributed by atoms with Gasteiger partial charge in [-0.1, -0.05) is 37.6 Å². The molecule has 0 unspecified atom stereocenters. The van der Waals surface area contributed by atoms with Gasteiger partial charge in [-0.3, -0.25) is 4.79 Å². The Hall–Kier alpha value is -1.58. The maximum Gasteiger partial charge on any atom is 0.255 e. The van der Waals surface area contributed by atoms with Gasteiger partial charge in [-0.05, 0) is 42.3 Å². The predicted molar refractivity (Wildman–Crippen MR) is 133 cm³/mol. The van der Waals surface area contributed by atoms with Crippen LogP contribution in [0.1, 0.15) is 29.8 Å². The first-order valence-electron chi connectivity index (χ1n) is 10.8. The van der Waals surface area contributed by atoms with Crippen LogP contribution in [0.25, 0.3) is 0 Å². The van der Waals surface area contributed by atoms with E-state index in [0.29, 0.717) is 18.8 Å². The minimum atomic E-state index is -3.77. The Morgan fingerprint density at radius 1 is 1.09 bits per heavy atom. The van der Waals surface area contributed by atoms with Crippen LogP contribution >= 0.6 is 23.4 Å². The third-order valence-corrected chi connectivity index (χ3v) is 9.02. The summed E-state index contributed by atoms with van der Waals surface area (Å²) in [4.78, 5) is 15.2. The van der Waals surface area contributed by atoms with E-state index in [1.807, 2.05) is 36.0 Å². The molecule has 0 saturated carbocycles. The lowest BCUT2D eigenvalue weighted by molar-refractivity contribution is 0.102. The van der Waals surface area contributed by atoms with Crippen molar-refractivity contribution in [3.05, 3.63) is 58.6 Å². The van der Waals surface area contributed by atoms with E-state index in [1.54, 1.807) is 13.8 Å². The number of halogens is 1. The topological polar surface area (TPSA) is 69.7 Å². The van der Waals surface area contributed by atoms with Gasteiger partial charge >= 0.3 is 0 Å². The molecule has 1 aliphatic rings. The Morgan fingerprint density at radius 2 is 1.75 bits per heavy atom. The van der Waals surface area contributed by atoms with Crippen LogP contribution in [-0.4, -0.2) is 67.8 Å². The number of hydrogen-bond acceptors (Lipinski definition) is 5. The number of rotatable bonds is 9. The number of carbonyl (C=O) groups excluding carboxylic acids is 1. The molecule has 2 aromatic rings. The Labute approximate surface area is 200 Å². The molecule has 1 amide bonds. The molecule has 0 aromatic heterocycles. The smallest absolute Gasteiger partial charge is 0.255 e. The van der Waals surface area contributed by atoms with Crippen LogP contribution in [0.2, 0.25) is 5.02 Å². The maximum atomic E-state index is 12.9. The molecule has 1 saturated heterocycles. The van der Waals surface area contributed by atoms with E-state index in [4.69, 9.17) is 11.6 Å². The summed E-state index contributed by atoms with van der Waals surface area (Å²) in [5.41, 5.74) is 2.13. The van der Waals surface area contributed by atoms with Gasteiger partial charge in [0, 0.05) is 55.5 Å². The van der Waals surface area contributed by atoms with E-state index in [2.05, 4.69) is 10.2 Å². The fraction of sp³-hybridized carbons (Fsp3) is 0.435. The summed E-state index contributed by atoms with van der Waals surface area (Å²) in [6.45, 7) is 7.52. The van der Waals surface area contributed by atoms with Gasteiger partial charge in [-0.15, -0.1) is 0 Å². The molecule has 1 aliphatic heterocycles. The maximum absolute atomic E-state index is 12.9. The third-order valence-electron chi connectivity index (χ3n) is 5.55. The molecule has 2 aromatic carbocycles. The molecule has 1 heterocycles. The van der Waals surface area contributed by atoms with Gasteiger partial charge in [0.15, 0.2) is 0 Å². The fourth-order valence-electron chi connectivity index (χ4n) is 3.61. The summed E-state index contributed by atoms with van der Waals surface area (Å²) in [7, 11) is -3.77. The van der Waals surface area contributed by atoms with Gasteiger partial charge in [0.1, 0.15) is 4.90 Å². The van der Waals surface area contributed by atoms with Gasteiger partial charge in [-0.25, -0.2) is 8.42 Å². The molecule has 0 radical (unpaired) electrons. The molecule has 0 bridgehead atoms. The average molecular weight is 496 g/mol. The van der Waals surface area contributed by atoms with E-state index in [-0.39, 0.29) is 21.4 Å². The van der Waals surface area contributed by atoms with E-state index in [1.165, 1.54) is 39.6 Å². The summed E-state index contributed by atoms with van der Waals surface area (Å²) >= 11 is 8.17. The number of carbonyl (C=O) groups is 1. The molecule has 0 spiro atoms. The van der Waals surface area contributed by atoms with Crippen molar-refractivity contribution in [2.24, 2.45) is 0 Å². The highest BCUT2D eigenvalue weighted by molar-refractivity contribution is 7.99. The first kappa shape index (κ1) is 25.1. The molecule has 1 N–H and O–H groups in total. The van der Waals surface area contributed by atoms with Gasteiger partial charge in [0.2, 0.25) is 10.0 Å². The van der Waals surface area contributed by atoms with E-state index >= 15 is 0 Å². The third kappa shape index (κ3) is 6.26. The second-order valence-corrected chi connectivity index (χ2v) is 11.1. The first-order valence-corrected chi connectivity index (χ1v) is 13.8. The summed E-state index contributed by atoms with van der Waals surface area (Å²) in [5.74, 6) is 2.03. The van der Waals surface area contributed by atoms with Crippen LogP contribution in [0.15, 0.2) is 47.4 Å². The number of anilines is 1. The van der Waals surface area contributed by atoms with E-state index in [0.717, 1.165) is 26.1 Å². The van der Waals surface area contributed by atoms with Crippen molar-refractivity contribution in [2.45, 2.75) is 25.2 Å². The number of nitrogens with one attached hydrogen (secondary N) is 1. The Morgan fingerprint density at radius 3 is 2.38 bits per heavy atom. The summed E-state index contributed by atoms with van der Waals surface area (Å²) in [6.07, 6.45) is 0.975. The fourth-order valence-corrected chi connectivity index (χ4v) is 6.55. The predicted octanol–water partition coefficient (Wildman–Crippen LogP) is 4.21. The normalized spacial score (nSPS) is 15.1. The summed E-state index contributed by atoms with van der Waals surface area (Å²) in [5, 5.41) is 2.94. The van der Waals surface area contributed by atoms with Crippen LogP contribution in [0.5, 0.6) is 0 Å². The SMILES string of the molecule is CCN(CC)S(=O)(=O)c1cc(C(=O)Nc2ccc(CCN3CCSCC3)cc2)ccc1Cl. The van der Waals surface area contributed by atoms with Crippen molar-refractivity contribution in [3.63, 3.8) is 0 Å². The van der Waals surface area contributed by atoms with Gasteiger partial charge in [-0.2, -0.15) is 16.1 Å². The molecular weight excluding hydrogens is 466 g/mol. The monoisotopic (exact) mass is 495 g/mol. The molecule has 9 heteroatoms. The van der Waals surface area contributed by atoms with Gasteiger partial charge < -0.3 is 10.2 Å². The highest BCUT2D eigenvalue weighted by Crippen LogP contribution is 2.26. The lowest BCUT2D eigenvalue weighted by Crippen LogP contribution is -2.34. The Bertz CT molecular complexity index is 1020. The Kier molecular flexibility index (Phi) is 9.02. The van der Waals surface area contributed by atoms with Crippen molar-refractivity contribution in [3.8, 4) is 0 Å². The number of hydrogen-bond donors (Lipinski definition) is 1. The molecule has 3 rings (SSSR count). The number of nitrogens with zero attached hydrogens (tertiary/aromatic N) is 2. The van der Waals surface area contributed by atoms with Gasteiger partial charge in [0.05, 0.1) is 5.02 Å². The highest BCUT2D eigenvalue weighted by atomic mass is 35.5. The lowest BCUT2D eigenvalue weighted by Gasteiger charge is -2.26. The van der Waals surface area contributed by atoms with E-state index < -0.39 is 10.0 Å². The zero-order valence-electron chi connectivity index (χ0n) is 18.5. The number of benzene rings is 2. The van der Waals surface area contributed by atoms with Crippen molar-refractivity contribution in [2.75, 3.05) is 49.5 Å². The average Bonchev–Trinajstić information content (AvgIpc) is 2.80. The number of sulfonamides is 1. The highest BCUT2D eigenvalue weighted by Gasteiger charge is 2.25. The van der Waals surface area contributed by atoms with Crippen LogP contribution in [0, 0.1) is 0 Å². The first-order chi connectivity index (χ1) is 15.3. The van der Waals surface area contributed by atoms with Crippen molar-refractivity contribution in [1.29, 1.82) is 0 Å². The standard InChI is InChI=1S/C23H30ClN3O3S2/c1-3-27(4-2)32(29,30)22-17-19(7-10-21(22)24)23(28)25-20-8-5-18(6-9-20)11-12-26-13-15-31-16-14-26/h5-10,17H,3-4,11-16H2,1-2H3,(H,25,28). The lowest BCUT2D eigenvalue weighted by atomic mass is 10.1. The molecule has 0 aliphatic carbocycles. The molecule has 32 heavy (non-hydrogen) atoms. The zero-order valence-corrected chi connectivity index (χ0v) is 20.9. The van der Waals surface area contributed by atoms with Gasteiger partial charge in [0.25, 0.3) is 5.91 Å². The van der Waals surface area contributed by atoms with Crippen LogP contribution in [0.3, 0.4) is 0 Å². The molecule has 0 atom stereocenters. The Balaban J connectivity index is 1.66. The number of amides is 1. The second kappa shape index (κ2) is 11.5. The molecule has 1 fully saturated rings. The van der Waals surface area contributed by atoms with Crippen LogP contribution in [-0.2, 0) is 16.4 Å². The van der Waals surface area contributed by atoms with Crippen molar-refractivity contribution >= 4 is 45.0 Å². The minimum absolute atomic E-state index is 0.0537. The van der Waals surface area contributed by atoms with E-state index in [9.17, 15) is 13.2 Å². The quantitative estimate of drug-likeness (QED) is 0.564. The van der Waals surface area contributed by atoms with Crippen molar-refractivity contribution < 1.29 is 13.2 Å². The number of thioether (sulfide) groups is 1. The molecule has 174 valence electrons. The van der Waals surface area contributed by atoms with Crippen molar-refractivity contribution in [1.82, 2.24) is 9.21 Å². The van der Waals surface area contributed by atoms with Crippen LogP contribution in [0.4, 0.5) is 5.69 Å². The molecule has 6 nitrogen and oxygen atoms in total. The largest absolute Gasteiger partial charge is 0.322 e. The zero-order chi connectivity index (χ0) is 23.1. The second-order valence-electron chi connectivity index (χ2n) is 7.59. The summed E-state index contributed by atoms with van der Waals surface area (Å²) in [6, 6.07) is 12.1. The van der Waals surface area contributed by atoms with Crippen LogP contribution < -0.4 is 5.32 Å². The summed E-state index contributed by atoms with van der Waals surface area (Å²) < 4.78 is 27.1. The molecular formula is C23H30ClN3O3S2.